The van der Waals surface area contributed by atoms with Crippen LogP contribution in [0.5, 0.6) is 5.75 Å². The number of rotatable bonds is 7. The highest BCUT2D eigenvalue weighted by Gasteiger charge is 2.16. The van der Waals surface area contributed by atoms with E-state index in [2.05, 4.69) is 15.8 Å². The van der Waals surface area contributed by atoms with Gasteiger partial charge in [-0.15, -0.1) is 11.3 Å². The van der Waals surface area contributed by atoms with Crippen LogP contribution in [0.15, 0.2) is 65.7 Å². The molecule has 0 aliphatic heterocycles. The third-order valence-corrected chi connectivity index (χ3v) is 5.12. The first-order valence-electron chi connectivity index (χ1n) is 8.97. The van der Waals surface area contributed by atoms with E-state index < -0.39 is 5.91 Å². The minimum atomic E-state index is -0.517. The molecule has 1 heterocycles. The van der Waals surface area contributed by atoms with Gasteiger partial charge < -0.3 is 16.2 Å². The topological polar surface area (TPSA) is 132 Å². The Morgan fingerprint density at radius 1 is 1.10 bits per heavy atom. The number of amidine groups is 1. The Kier molecular flexibility index (Phi) is 6.79. The van der Waals surface area contributed by atoms with E-state index in [0.29, 0.717) is 33.3 Å². The molecule has 0 saturated carbocycles. The molecular weight excluding hydrogens is 402 g/mol. The van der Waals surface area contributed by atoms with Crippen molar-refractivity contribution in [3.63, 3.8) is 0 Å². The molecule has 0 spiro atoms. The first-order chi connectivity index (χ1) is 14.5. The number of nitrogens with zero attached hydrogens (tertiary/aromatic N) is 1. The largest absolute Gasteiger partial charge is 0.497 e. The number of nitrogens with two attached hydrogens (primary N) is 2. The lowest BCUT2D eigenvalue weighted by atomic mass is 10.2. The van der Waals surface area contributed by atoms with Crippen LogP contribution in [0.4, 0.5) is 5.00 Å². The van der Waals surface area contributed by atoms with Crippen molar-refractivity contribution in [1.29, 1.82) is 0 Å². The van der Waals surface area contributed by atoms with E-state index in [-0.39, 0.29) is 11.7 Å². The van der Waals surface area contributed by atoms with Gasteiger partial charge in [-0.25, -0.2) is 5.43 Å². The van der Waals surface area contributed by atoms with E-state index in [1.165, 1.54) is 13.2 Å². The van der Waals surface area contributed by atoms with Gasteiger partial charge in [-0.05, 0) is 35.9 Å². The van der Waals surface area contributed by atoms with Crippen molar-refractivity contribution in [2.45, 2.75) is 6.54 Å². The number of methoxy groups -OCH3 is 1. The highest BCUT2D eigenvalue weighted by molar-refractivity contribution is 7.18. The predicted octanol–water partition coefficient (Wildman–Crippen LogP) is 2.32. The van der Waals surface area contributed by atoms with Crippen molar-refractivity contribution < 1.29 is 14.3 Å². The Labute approximate surface area is 177 Å². The summed E-state index contributed by atoms with van der Waals surface area (Å²) in [7, 11) is 1.54. The van der Waals surface area contributed by atoms with Crippen molar-refractivity contribution in [2.75, 3.05) is 12.8 Å². The number of amides is 2. The van der Waals surface area contributed by atoms with E-state index in [9.17, 15) is 9.59 Å². The van der Waals surface area contributed by atoms with Gasteiger partial charge in [-0.1, -0.05) is 30.3 Å². The van der Waals surface area contributed by atoms with Crippen molar-refractivity contribution in [2.24, 2.45) is 10.7 Å². The Morgan fingerprint density at radius 2 is 1.80 bits per heavy atom. The third-order valence-electron chi connectivity index (χ3n) is 4.16. The summed E-state index contributed by atoms with van der Waals surface area (Å²) in [6, 6.07) is 17.6. The molecule has 2 aromatic carbocycles. The first-order valence-corrected chi connectivity index (χ1v) is 9.79. The van der Waals surface area contributed by atoms with E-state index >= 15 is 0 Å². The number of nitrogen functional groups attached to an aromatic ring is 1. The summed E-state index contributed by atoms with van der Waals surface area (Å²) in [5.41, 5.74) is 19.1. The quantitative estimate of drug-likeness (QED) is 0.262. The molecule has 0 aliphatic rings. The average Bonchev–Trinajstić information content (AvgIpc) is 3.16. The zero-order valence-electron chi connectivity index (χ0n) is 16.2. The van der Waals surface area contributed by atoms with E-state index in [4.69, 9.17) is 16.2 Å². The summed E-state index contributed by atoms with van der Waals surface area (Å²) in [5.74, 6) is -0.303. The normalized spacial score (nSPS) is 11.2. The second-order valence-corrected chi connectivity index (χ2v) is 7.30. The third kappa shape index (κ3) is 5.22. The molecule has 3 rings (SSSR count). The number of aliphatic imine (C=N–C) groups is 1. The fourth-order valence-electron chi connectivity index (χ4n) is 2.57. The molecule has 0 radical (unpaired) electrons. The maximum Gasteiger partial charge on any atom is 0.278 e. The molecule has 0 saturated heterocycles. The number of carbonyl (C=O) groups is 2. The van der Waals surface area contributed by atoms with Gasteiger partial charge in [0.05, 0.1) is 22.6 Å². The first kappa shape index (κ1) is 21.0. The van der Waals surface area contributed by atoms with Crippen LogP contribution in [0.1, 0.15) is 31.2 Å². The molecule has 3 aromatic rings. The zero-order valence-corrected chi connectivity index (χ0v) is 17.0. The number of hydrogen-bond donors (Lipinski definition) is 4. The maximum absolute atomic E-state index is 12.3. The van der Waals surface area contributed by atoms with Crippen molar-refractivity contribution in [1.82, 2.24) is 10.9 Å². The van der Waals surface area contributed by atoms with Crippen LogP contribution < -0.4 is 27.1 Å². The minimum absolute atomic E-state index is 0.0548. The number of thiophene rings is 1. The molecule has 6 N–H and O–H groups in total. The zero-order chi connectivity index (χ0) is 21.5. The fraction of sp³-hybridized carbons (Fsp3) is 0.0952. The molecule has 0 aliphatic carbocycles. The van der Waals surface area contributed by atoms with Crippen LogP contribution in [-0.4, -0.2) is 24.8 Å². The van der Waals surface area contributed by atoms with E-state index in [0.717, 1.165) is 16.9 Å². The molecule has 0 bridgehead atoms. The van der Waals surface area contributed by atoms with Crippen molar-refractivity contribution >= 4 is 34.0 Å². The molecular formula is C21H21N5O3S. The van der Waals surface area contributed by atoms with Crippen LogP contribution in [0, 0.1) is 0 Å². The van der Waals surface area contributed by atoms with Gasteiger partial charge in [-0.3, -0.25) is 15.0 Å². The molecule has 0 atom stereocenters. The van der Waals surface area contributed by atoms with Crippen LogP contribution in [-0.2, 0) is 6.54 Å². The summed E-state index contributed by atoms with van der Waals surface area (Å²) in [6.45, 7) is 0.472. The van der Waals surface area contributed by atoms with Crippen molar-refractivity contribution in [3.8, 4) is 5.75 Å². The maximum atomic E-state index is 12.3. The highest BCUT2D eigenvalue weighted by atomic mass is 32.1. The van der Waals surface area contributed by atoms with Gasteiger partial charge >= 0.3 is 0 Å². The summed E-state index contributed by atoms with van der Waals surface area (Å²) in [6.07, 6.45) is 0. The second-order valence-electron chi connectivity index (χ2n) is 6.21. The highest BCUT2D eigenvalue weighted by Crippen LogP contribution is 2.25. The molecule has 154 valence electrons. The lowest BCUT2D eigenvalue weighted by molar-refractivity contribution is 0.0935. The lowest BCUT2D eigenvalue weighted by Gasteiger charge is -2.05. The summed E-state index contributed by atoms with van der Waals surface area (Å²) >= 11 is 1.06. The average molecular weight is 423 g/mol. The summed E-state index contributed by atoms with van der Waals surface area (Å²) in [5, 5.41) is 0.298. The Balaban J connectivity index is 1.65. The van der Waals surface area contributed by atoms with Gasteiger partial charge in [0.2, 0.25) is 0 Å². The molecule has 8 nitrogen and oxygen atoms in total. The van der Waals surface area contributed by atoms with Crippen LogP contribution in [0.25, 0.3) is 0 Å². The Morgan fingerprint density at radius 3 is 2.47 bits per heavy atom. The second kappa shape index (κ2) is 9.68. The Bertz CT molecular complexity index is 1060. The van der Waals surface area contributed by atoms with E-state index in [1.807, 2.05) is 30.3 Å². The summed E-state index contributed by atoms with van der Waals surface area (Å²) < 4.78 is 5.06. The standard InChI is InChI=1S/C21H21N5O3S/c1-29-15-9-7-14(8-10-15)20(27)25-18(22)16-11-17(30-19(16)23)21(28)26-24-12-13-5-3-2-4-6-13/h2-11,24H,12,23H2,1H3,(H,26,28)(H2,22,25,27). The number of hydrogen-bond acceptors (Lipinski definition) is 6. The number of carbonyl (C=O) groups excluding carboxylic acids is 2. The molecule has 0 fully saturated rings. The van der Waals surface area contributed by atoms with Crippen LogP contribution in [0.3, 0.4) is 0 Å². The molecule has 30 heavy (non-hydrogen) atoms. The number of ether oxygens (including phenoxy) is 1. The SMILES string of the molecule is COc1ccc(C(=O)N=C(N)c2cc(C(=O)NNCc3ccccc3)sc2N)cc1. The number of benzene rings is 2. The number of anilines is 1. The molecule has 9 heteroatoms. The monoisotopic (exact) mass is 423 g/mol. The van der Waals surface area contributed by atoms with Gasteiger partial charge in [-0.2, -0.15) is 4.99 Å². The lowest BCUT2D eigenvalue weighted by Crippen LogP contribution is -2.36. The van der Waals surface area contributed by atoms with E-state index in [1.54, 1.807) is 24.3 Å². The van der Waals surface area contributed by atoms with Gasteiger partial charge in [0.25, 0.3) is 11.8 Å². The van der Waals surface area contributed by atoms with Gasteiger partial charge in [0, 0.05) is 12.1 Å². The Hall–Kier alpha value is -3.69. The predicted molar refractivity (Wildman–Crippen MR) is 118 cm³/mol. The van der Waals surface area contributed by atoms with Crippen molar-refractivity contribution in [3.05, 3.63) is 82.2 Å². The minimum Gasteiger partial charge on any atom is -0.497 e. The smallest absolute Gasteiger partial charge is 0.278 e. The number of nitrogens with one attached hydrogen (secondary N) is 2. The fourth-order valence-corrected chi connectivity index (χ4v) is 3.40. The molecule has 1 aromatic heterocycles. The molecule has 2 amide bonds. The van der Waals surface area contributed by atoms with Crippen LogP contribution in [0.2, 0.25) is 0 Å². The molecule has 0 unspecified atom stereocenters. The number of hydrazine groups is 1. The summed E-state index contributed by atoms with van der Waals surface area (Å²) in [4.78, 5) is 28.9. The van der Waals surface area contributed by atoms with Crippen LogP contribution >= 0.6 is 11.3 Å². The van der Waals surface area contributed by atoms with Gasteiger partial charge in [0.15, 0.2) is 0 Å². The van der Waals surface area contributed by atoms with Gasteiger partial charge in [0.1, 0.15) is 11.6 Å².